The van der Waals surface area contributed by atoms with Crippen LogP contribution in [0, 0.1) is 0 Å². The van der Waals surface area contributed by atoms with E-state index in [0.717, 1.165) is 32.3 Å². The molecule has 1 atom stereocenters. The van der Waals surface area contributed by atoms with Gasteiger partial charge in [0.05, 0.1) is 13.2 Å². The Hall–Kier alpha value is -0.120. The Morgan fingerprint density at radius 3 is 2.85 bits per heavy atom. The lowest BCUT2D eigenvalue weighted by Gasteiger charge is -2.27. The Bertz CT molecular complexity index is 140. The van der Waals surface area contributed by atoms with E-state index in [1.54, 1.807) is 0 Å². The van der Waals surface area contributed by atoms with Gasteiger partial charge in [-0.1, -0.05) is 0 Å². The van der Waals surface area contributed by atoms with E-state index in [-0.39, 0.29) is 0 Å². The quantitative estimate of drug-likeness (QED) is 0.689. The fraction of sp³-hybridized carbons (Fsp3) is 1.00. The van der Waals surface area contributed by atoms with E-state index in [4.69, 9.17) is 4.74 Å². The number of hydrogen-bond acceptors (Lipinski definition) is 3. The van der Waals surface area contributed by atoms with Crippen LogP contribution >= 0.6 is 0 Å². The summed E-state index contributed by atoms with van der Waals surface area (Å²) >= 11 is 0. The molecule has 0 saturated carbocycles. The molecule has 2 heterocycles. The van der Waals surface area contributed by atoms with Crippen molar-refractivity contribution in [2.75, 3.05) is 39.4 Å². The molecule has 2 saturated heterocycles. The average molecular weight is 184 g/mol. The van der Waals surface area contributed by atoms with Crippen LogP contribution in [0.25, 0.3) is 0 Å². The van der Waals surface area contributed by atoms with Gasteiger partial charge in [-0.15, -0.1) is 0 Å². The Kier molecular flexibility index (Phi) is 3.58. The van der Waals surface area contributed by atoms with Crippen LogP contribution in [0.5, 0.6) is 0 Å². The molecule has 1 N–H and O–H groups in total. The van der Waals surface area contributed by atoms with Gasteiger partial charge in [-0.25, -0.2) is 0 Å². The predicted molar refractivity (Wildman–Crippen MR) is 52.9 cm³/mol. The molecule has 3 nitrogen and oxygen atoms in total. The van der Waals surface area contributed by atoms with Crippen LogP contribution in [-0.2, 0) is 4.74 Å². The number of nitrogens with one attached hydrogen (secondary N) is 1. The zero-order valence-corrected chi connectivity index (χ0v) is 8.30. The highest BCUT2D eigenvalue weighted by molar-refractivity contribution is 4.75. The maximum Gasteiger partial charge on any atom is 0.0594 e. The van der Waals surface area contributed by atoms with Gasteiger partial charge in [0.15, 0.2) is 0 Å². The second-order valence-corrected chi connectivity index (χ2v) is 4.04. The first-order valence-electron chi connectivity index (χ1n) is 5.48. The highest BCUT2D eigenvalue weighted by Gasteiger charge is 2.16. The Morgan fingerprint density at radius 2 is 2.15 bits per heavy atom. The fourth-order valence-electron chi connectivity index (χ4n) is 2.17. The smallest absolute Gasteiger partial charge is 0.0594 e. The number of morpholine rings is 1. The summed E-state index contributed by atoms with van der Waals surface area (Å²) in [4.78, 5) is 2.52. The Morgan fingerprint density at radius 1 is 1.31 bits per heavy atom. The second-order valence-electron chi connectivity index (χ2n) is 4.04. The standard InChI is InChI=1S/C10H20N2O/c1-2-10(11-4-1)3-5-12-6-8-13-9-7-12/h10-11H,1-9H2/t10-/m0/s1. The largest absolute Gasteiger partial charge is 0.379 e. The third kappa shape index (κ3) is 2.93. The molecule has 0 aromatic heterocycles. The number of ether oxygens (including phenoxy) is 1. The molecule has 0 aromatic carbocycles. The highest BCUT2D eigenvalue weighted by Crippen LogP contribution is 2.09. The van der Waals surface area contributed by atoms with Crippen molar-refractivity contribution in [1.82, 2.24) is 10.2 Å². The van der Waals surface area contributed by atoms with Crippen molar-refractivity contribution in [3.8, 4) is 0 Å². The molecule has 0 spiro atoms. The molecule has 0 bridgehead atoms. The molecule has 2 aliphatic rings. The second kappa shape index (κ2) is 4.94. The molecule has 13 heavy (non-hydrogen) atoms. The molecular formula is C10H20N2O. The zero-order valence-electron chi connectivity index (χ0n) is 8.30. The van der Waals surface area contributed by atoms with Crippen LogP contribution in [0.4, 0.5) is 0 Å². The number of nitrogens with zero attached hydrogens (tertiary/aromatic N) is 1. The van der Waals surface area contributed by atoms with Gasteiger partial charge >= 0.3 is 0 Å². The molecule has 0 aromatic rings. The molecule has 0 radical (unpaired) electrons. The van der Waals surface area contributed by atoms with Gasteiger partial charge in [0.2, 0.25) is 0 Å². The minimum atomic E-state index is 0.794. The summed E-state index contributed by atoms with van der Waals surface area (Å²) in [5.41, 5.74) is 0. The molecule has 2 rings (SSSR count). The first kappa shape index (κ1) is 9.44. The molecule has 0 unspecified atom stereocenters. The normalized spacial score (nSPS) is 30.9. The molecule has 3 heteroatoms. The van der Waals surface area contributed by atoms with Crippen LogP contribution in [0.3, 0.4) is 0 Å². The summed E-state index contributed by atoms with van der Waals surface area (Å²) in [6.07, 6.45) is 4.07. The molecule has 0 amide bonds. The average Bonchev–Trinajstić information content (AvgIpc) is 2.69. The van der Waals surface area contributed by atoms with Crippen molar-refractivity contribution in [2.24, 2.45) is 0 Å². The topological polar surface area (TPSA) is 24.5 Å². The van der Waals surface area contributed by atoms with Crippen molar-refractivity contribution >= 4 is 0 Å². The van der Waals surface area contributed by atoms with Gasteiger partial charge in [-0.2, -0.15) is 0 Å². The Labute approximate surface area is 80.4 Å². The van der Waals surface area contributed by atoms with Crippen LogP contribution in [0.15, 0.2) is 0 Å². The molecule has 76 valence electrons. The van der Waals surface area contributed by atoms with Crippen LogP contribution in [0.1, 0.15) is 19.3 Å². The maximum absolute atomic E-state index is 5.31. The Balaban J connectivity index is 1.60. The van der Waals surface area contributed by atoms with Crippen molar-refractivity contribution in [3.63, 3.8) is 0 Å². The fourth-order valence-corrected chi connectivity index (χ4v) is 2.17. The van der Waals surface area contributed by atoms with Crippen molar-refractivity contribution in [3.05, 3.63) is 0 Å². The van der Waals surface area contributed by atoms with E-state index in [1.807, 2.05) is 0 Å². The summed E-state index contributed by atoms with van der Waals surface area (Å²) < 4.78 is 5.31. The van der Waals surface area contributed by atoms with Crippen molar-refractivity contribution in [2.45, 2.75) is 25.3 Å². The van der Waals surface area contributed by atoms with E-state index in [9.17, 15) is 0 Å². The SMILES string of the molecule is C1CN[C@H](CCN2CCOCC2)C1. The van der Waals surface area contributed by atoms with Gasteiger partial charge < -0.3 is 10.1 Å². The van der Waals surface area contributed by atoms with Crippen LogP contribution < -0.4 is 5.32 Å². The van der Waals surface area contributed by atoms with Gasteiger partial charge in [0.25, 0.3) is 0 Å². The van der Waals surface area contributed by atoms with Crippen LogP contribution in [-0.4, -0.2) is 50.3 Å². The van der Waals surface area contributed by atoms with Gasteiger partial charge in [-0.3, -0.25) is 4.90 Å². The monoisotopic (exact) mass is 184 g/mol. The highest BCUT2D eigenvalue weighted by atomic mass is 16.5. The molecule has 2 fully saturated rings. The van der Waals surface area contributed by atoms with Gasteiger partial charge in [-0.05, 0) is 32.4 Å². The number of hydrogen-bond donors (Lipinski definition) is 1. The molecule has 0 aliphatic carbocycles. The van der Waals surface area contributed by atoms with E-state index >= 15 is 0 Å². The minimum absolute atomic E-state index is 0.794. The lowest BCUT2D eigenvalue weighted by molar-refractivity contribution is 0.0364. The van der Waals surface area contributed by atoms with E-state index < -0.39 is 0 Å². The lowest BCUT2D eigenvalue weighted by atomic mass is 10.1. The number of rotatable bonds is 3. The summed E-state index contributed by atoms with van der Waals surface area (Å²) in [6, 6.07) is 0.794. The molecular weight excluding hydrogens is 164 g/mol. The van der Waals surface area contributed by atoms with Crippen molar-refractivity contribution < 1.29 is 4.74 Å². The summed E-state index contributed by atoms with van der Waals surface area (Å²) in [7, 11) is 0. The maximum atomic E-state index is 5.31. The minimum Gasteiger partial charge on any atom is -0.379 e. The first-order valence-corrected chi connectivity index (χ1v) is 5.48. The molecule has 2 aliphatic heterocycles. The van der Waals surface area contributed by atoms with E-state index in [0.29, 0.717) is 0 Å². The van der Waals surface area contributed by atoms with Crippen molar-refractivity contribution in [1.29, 1.82) is 0 Å². The third-order valence-electron chi connectivity index (χ3n) is 3.06. The zero-order chi connectivity index (χ0) is 8.93. The van der Waals surface area contributed by atoms with Gasteiger partial charge in [0, 0.05) is 19.1 Å². The van der Waals surface area contributed by atoms with Gasteiger partial charge in [0.1, 0.15) is 0 Å². The summed E-state index contributed by atoms with van der Waals surface area (Å²) in [5.74, 6) is 0. The predicted octanol–water partition coefficient (Wildman–Crippen LogP) is 0.461. The summed E-state index contributed by atoms with van der Waals surface area (Å²) in [5, 5.41) is 3.54. The summed E-state index contributed by atoms with van der Waals surface area (Å²) in [6.45, 7) is 6.60. The first-order chi connectivity index (χ1) is 6.45. The third-order valence-corrected chi connectivity index (χ3v) is 3.06. The van der Waals surface area contributed by atoms with E-state index in [1.165, 1.54) is 32.4 Å². The van der Waals surface area contributed by atoms with Crippen LogP contribution in [0.2, 0.25) is 0 Å². The van der Waals surface area contributed by atoms with E-state index in [2.05, 4.69) is 10.2 Å². The lowest BCUT2D eigenvalue weighted by Crippen LogP contribution is -2.38.